The number of carbonyl (C=O) groups is 1. The molecule has 1 aliphatic rings. The highest BCUT2D eigenvalue weighted by Gasteiger charge is 2.23. The van der Waals surface area contributed by atoms with Crippen LogP contribution in [0.25, 0.3) is 11.4 Å². The number of rotatable bonds is 8. The van der Waals surface area contributed by atoms with Crippen molar-refractivity contribution in [3.63, 3.8) is 0 Å². The van der Waals surface area contributed by atoms with Crippen molar-refractivity contribution in [2.24, 2.45) is 11.8 Å². The van der Waals surface area contributed by atoms with Gasteiger partial charge in [-0.05, 0) is 48.9 Å². The van der Waals surface area contributed by atoms with E-state index in [4.69, 9.17) is 4.74 Å². The molecule has 0 aliphatic heterocycles. The number of hydrogen-bond acceptors (Lipinski definition) is 5. The monoisotopic (exact) mass is 416 g/mol. The first kappa shape index (κ1) is 21.7. The summed E-state index contributed by atoms with van der Waals surface area (Å²) in [4.78, 5) is 12.5. The summed E-state index contributed by atoms with van der Waals surface area (Å²) in [5.74, 6) is 3.08. The molecule has 29 heavy (non-hydrogen) atoms. The van der Waals surface area contributed by atoms with Gasteiger partial charge < -0.3 is 14.6 Å². The molecular formula is C22H32N4O2S. The molecule has 7 heteroatoms. The summed E-state index contributed by atoms with van der Waals surface area (Å²) in [5, 5.41) is 12.8. The summed E-state index contributed by atoms with van der Waals surface area (Å²) in [6.45, 7) is 7.38. The molecule has 0 radical (unpaired) electrons. The van der Waals surface area contributed by atoms with Gasteiger partial charge in [0.05, 0.1) is 12.9 Å². The second-order valence-electron chi connectivity index (χ2n) is 8.26. The number of thioether (sulfide) groups is 1. The topological polar surface area (TPSA) is 69.0 Å². The lowest BCUT2D eigenvalue weighted by Crippen LogP contribution is -2.41. The third-order valence-electron chi connectivity index (χ3n) is 5.40. The van der Waals surface area contributed by atoms with Gasteiger partial charge in [0, 0.05) is 18.2 Å². The number of amides is 1. The van der Waals surface area contributed by atoms with Gasteiger partial charge >= 0.3 is 0 Å². The molecule has 158 valence electrons. The van der Waals surface area contributed by atoms with E-state index in [1.807, 2.05) is 24.3 Å². The quantitative estimate of drug-likeness (QED) is 0.646. The number of carbonyl (C=O) groups excluding carboxylic acids is 1. The summed E-state index contributed by atoms with van der Waals surface area (Å²) in [6, 6.07) is 8.14. The SMILES string of the molecule is COc1ccc(-c2nnc(SCC(=O)N[C@@H]3CCCC[C@H]3C)n2CC(C)C)cc1. The number of nitrogens with one attached hydrogen (secondary N) is 1. The molecule has 0 saturated heterocycles. The van der Waals surface area contributed by atoms with Crippen molar-refractivity contribution < 1.29 is 9.53 Å². The van der Waals surface area contributed by atoms with E-state index in [1.165, 1.54) is 31.0 Å². The van der Waals surface area contributed by atoms with Crippen molar-refractivity contribution >= 4 is 17.7 Å². The standard InChI is InChI=1S/C22H32N4O2S/c1-15(2)13-26-21(17-9-11-18(28-4)12-10-17)24-25-22(26)29-14-20(27)23-19-8-6-5-7-16(19)3/h9-12,15-16,19H,5-8,13-14H2,1-4H3,(H,23,27)/t16-,19-/m1/s1. The zero-order chi connectivity index (χ0) is 20.8. The van der Waals surface area contributed by atoms with Gasteiger partial charge in [-0.1, -0.05) is 45.4 Å². The molecule has 1 aromatic carbocycles. The Morgan fingerprint density at radius 1 is 1.24 bits per heavy atom. The number of methoxy groups -OCH3 is 1. The van der Waals surface area contributed by atoms with E-state index in [0.717, 1.165) is 35.3 Å². The van der Waals surface area contributed by atoms with E-state index in [2.05, 4.69) is 40.9 Å². The summed E-state index contributed by atoms with van der Waals surface area (Å²) in [6.07, 6.45) is 4.76. The predicted molar refractivity (Wildman–Crippen MR) is 117 cm³/mol. The summed E-state index contributed by atoms with van der Waals surface area (Å²) >= 11 is 1.46. The van der Waals surface area contributed by atoms with Gasteiger partial charge in [-0.2, -0.15) is 0 Å². The second-order valence-corrected chi connectivity index (χ2v) is 9.21. The highest BCUT2D eigenvalue weighted by atomic mass is 32.2. The van der Waals surface area contributed by atoms with Crippen molar-refractivity contribution in [2.45, 2.75) is 64.2 Å². The van der Waals surface area contributed by atoms with Crippen LogP contribution in [-0.2, 0) is 11.3 Å². The number of hydrogen-bond donors (Lipinski definition) is 1. The smallest absolute Gasteiger partial charge is 0.230 e. The van der Waals surface area contributed by atoms with Gasteiger partial charge in [0.2, 0.25) is 5.91 Å². The van der Waals surface area contributed by atoms with Crippen molar-refractivity contribution in [1.82, 2.24) is 20.1 Å². The minimum absolute atomic E-state index is 0.0823. The molecule has 1 aliphatic carbocycles. The first-order valence-corrected chi connectivity index (χ1v) is 11.5. The average molecular weight is 417 g/mol. The fourth-order valence-electron chi connectivity index (χ4n) is 3.79. The van der Waals surface area contributed by atoms with Crippen LogP contribution in [0.5, 0.6) is 5.75 Å². The lowest BCUT2D eigenvalue weighted by Gasteiger charge is -2.29. The van der Waals surface area contributed by atoms with Gasteiger partial charge in [0.1, 0.15) is 5.75 Å². The average Bonchev–Trinajstić information content (AvgIpc) is 3.10. The van der Waals surface area contributed by atoms with Crippen molar-refractivity contribution in [1.29, 1.82) is 0 Å². The van der Waals surface area contributed by atoms with Gasteiger partial charge in [-0.25, -0.2) is 0 Å². The predicted octanol–water partition coefficient (Wildman–Crippen LogP) is 4.40. The summed E-state index contributed by atoms with van der Waals surface area (Å²) in [7, 11) is 1.66. The Balaban J connectivity index is 1.69. The van der Waals surface area contributed by atoms with Crippen LogP contribution in [0.2, 0.25) is 0 Å². The summed E-state index contributed by atoms with van der Waals surface area (Å²) in [5.41, 5.74) is 0.992. The van der Waals surface area contributed by atoms with E-state index < -0.39 is 0 Å². The normalized spacial score (nSPS) is 19.3. The number of nitrogens with zero attached hydrogens (tertiary/aromatic N) is 3. The highest BCUT2D eigenvalue weighted by molar-refractivity contribution is 7.99. The van der Waals surface area contributed by atoms with E-state index in [9.17, 15) is 4.79 Å². The molecule has 1 amide bonds. The van der Waals surface area contributed by atoms with Crippen LogP contribution < -0.4 is 10.1 Å². The first-order chi connectivity index (χ1) is 14.0. The second kappa shape index (κ2) is 10.1. The number of benzene rings is 1. The molecule has 1 fully saturated rings. The van der Waals surface area contributed by atoms with Crippen LogP contribution >= 0.6 is 11.8 Å². The van der Waals surface area contributed by atoms with Gasteiger partial charge in [-0.3, -0.25) is 4.79 Å². The van der Waals surface area contributed by atoms with Crippen LogP contribution in [0.3, 0.4) is 0 Å². The zero-order valence-electron chi connectivity index (χ0n) is 17.9. The maximum Gasteiger partial charge on any atom is 0.230 e. The molecule has 1 aromatic heterocycles. The Labute approximate surface area is 177 Å². The Morgan fingerprint density at radius 2 is 1.97 bits per heavy atom. The Morgan fingerprint density at radius 3 is 2.62 bits per heavy atom. The molecule has 1 heterocycles. The molecule has 0 unspecified atom stereocenters. The van der Waals surface area contributed by atoms with Crippen molar-refractivity contribution in [3.05, 3.63) is 24.3 Å². The summed E-state index contributed by atoms with van der Waals surface area (Å²) < 4.78 is 7.37. The molecular weight excluding hydrogens is 384 g/mol. The Bertz CT molecular complexity index is 804. The van der Waals surface area contributed by atoms with Crippen LogP contribution in [0, 0.1) is 11.8 Å². The molecule has 2 atom stereocenters. The maximum absolute atomic E-state index is 12.5. The number of aromatic nitrogens is 3. The van der Waals surface area contributed by atoms with Crippen molar-refractivity contribution in [3.8, 4) is 17.1 Å². The molecule has 0 bridgehead atoms. The van der Waals surface area contributed by atoms with E-state index in [1.54, 1.807) is 7.11 Å². The molecule has 1 saturated carbocycles. The molecule has 3 rings (SSSR count). The molecule has 6 nitrogen and oxygen atoms in total. The first-order valence-electron chi connectivity index (χ1n) is 10.5. The molecule has 1 N–H and O–H groups in total. The van der Waals surface area contributed by atoms with Gasteiger partial charge in [0.15, 0.2) is 11.0 Å². The van der Waals surface area contributed by atoms with Crippen LogP contribution in [0.15, 0.2) is 29.4 Å². The fraction of sp³-hybridized carbons (Fsp3) is 0.591. The highest BCUT2D eigenvalue weighted by Crippen LogP contribution is 2.27. The van der Waals surface area contributed by atoms with Crippen LogP contribution in [0.4, 0.5) is 0 Å². The minimum atomic E-state index is 0.0823. The fourth-order valence-corrected chi connectivity index (χ4v) is 4.55. The third kappa shape index (κ3) is 5.75. The van der Waals surface area contributed by atoms with E-state index in [0.29, 0.717) is 23.6 Å². The van der Waals surface area contributed by atoms with E-state index in [-0.39, 0.29) is 5.91 Å². The third-order valence-corrected chi connectivity index (χ3v) is 6.37. The maximum atomic E-state index is 12.5. The van der Waals surface area contributed by atoms with E-state index >= 15 is 0 Å². The molecule has 0 spiro atoms. The lowest BCUT2D eigenvalue weighted by atomic mass is 9.86. The minimum Gasteiger partial charge on any atom is -0.497 e. The van der Waals surface area contributed by atoms with Gasteiger partial charge in [-0.15, -0.1) is 10.2 Å². The largest absolute Gasteiger partial charge is 0.497 e. The van der Waals surface area contributed by atoms with Crippen LogP contribution in [0.1, 0.15) is 46.5 Å². The Hall–Kier alpha value is -2.02. The lowest BCUT2D eigenvalue weighted by molar-refractivity contribution is -0.119. The van der Waals surface area contributed by atoms with Crippen molar-refractivity contribution in [2.75, 3.05) is 12.9 Å². The molecule has 2 aromatic rings. The zero-order valence-corrected chi connectivity index (χ0v) is 18.7. The van der Waals surface area contributed by atoms with Crippen LogP contribution in [-0.4, -0.2) is 39.6 Å². The van der Waals surface area contributed by atoms with Gasteiger partial charge in [0.25, 0.3) is 0 Å². The number of ether oxygens (including phenoxy) is 1. The Kier molecular flexibility index (Phi) is 7.58.